The van der Waals surface area contributed by atoms with Gasteiger partial charge in [0, 0.05) is 0 Å². The first kappa shape index (κ1) is 29.0. The minimum absolute atomic E-state index is 1.22. The fourth-order valence-electron chi connectivity index (χ4n) is 8.99. The highest BCUT2D eigenvalue weighted by atomic mass is 14.2. The van der Waals surface area contributed by atoms with Gasteiger partial charge in [0.25, 0.3) is 0 Å². The molecule has 0 fully saturated rings. The van der Waals surface area contributed by atoms with Gasteiger partial charge in [-0.05, 0) is 115 Å². The van der Waals surface area contributed by atoms with Gasteiger partial charge in [0.2, 0.25) is 0 Å². The highest BCUT2D eigenvalue weighted by molar-refractivity contribution is 6.41. The summed E-state index contributed by atoms with van der Waals surface area (Å²) in [6.45, 7) is 0. The van der Waals surface area contributed by atoms with E-state index in [1.807, 2.05) is 0 Å². The number of hydrogen-bond donors (Lipinski definition) is 0. The van der Waals surface area contributed by atoms with Crippen LogP contribution in [0.1, 0.15) is 0 Å². The van der Waals surface area contributed by atoms with Gasteiger partial charge in [0.15, 0.2) is 0 Å². The third-order valence-corrected chi connectivity index (χ3v) is 11.2. The van der Waals surface area contributed by atoms with Crippen LogP contribution in [0.25, 0.3) is 109 Å². The average Bonchev–Trinajstić information content (AvgIpc) is 3.22. The Balaban J connectivity index is 1.23. The molecule has 0 aliphatic heterocycles. The van der Waals surface area contributed by atoms with Crippen molar-refractivity contribution in [2.45, 2.75) is 0 Å². The molecule has 0 radical (unpaired) electrons. The van der Waals surface area contributed by atoms with Crippen LogP contribution in [0.4, 0.5) is 0 Å². The zero-order chi connectivity index (χ0) is 34.2. The Hall–Kier alpha value is -6.76. The van der Waals surface area contributed by atoms with Crippen molar-refractivity contribution in [3.63, 3.8) is 0 Å². The minimum atomic E-state index is 1.22. The summed E-state index contributed by atoms with van der Waals surface area (Å²) in [5.74, 6) is 0. The third-order valence-electron chi connectivity index (χ3n) is 11.2. The summed E-state index contributed by atoms with van der Waals surface area (Å²) in [4.78, 5) is 0. The molecule has 0 heterocycles. The lowest BCUT2D eigenvalue weighted by Gasteiger charge is -2.21. The summed E-state index contributed by atoms with van der Waals surface area (Å²) in [6, 6.07) is 71.7. The van der Waals surface area contributed by atoms with Crippen LogP contribution in [0.2, 0.25) is 0 Å². The van der Waals surface area contributed by atoms with E-state index in [1.54, 1.807) is 0 Å². The highest BCUT2D eigenvalue weighted by Gasteiger charge is 2.21. The summed E-state index contributed by atoms with van der Waals surface area (Å²) < 4.78 is 0. The molecule has 0 atom stereocenters. The van der Waals surface area contributed by atoms with E-state index in [4.69, 9.17) is 0 Å². The quantitative estimate of drug-likeness (QED) is 0.131. The smallest absolute Gasteiger partial charge is 0.00137 e. The largest absolute Gasteiger partial charge is 0.0622 e. The van der Waals surface area contributed by atoms with Gasteiger partial charge < -0.3 is 0 Å². The second-order valence-corrected chi connectivity index (χ2v) is 13.9. The zero-order valence-electron chi connectivity index (χ0n) is 28.5. The molecule has 0 heteroatoms. The van der Waals surface area contributed by atoms with E-state index >= 15 is 0 Å². The molecule has 0 bridgehead atoms. The van der Waals surface area contributed by atoms with Crippen molar-refractivity contribution in [1.29, 1.82) is 0 Å². The maximum absolute atomic E-state index is 2.38. The fraction of sp³-hybridized carbons (Fsp3) is 0. The topological polar surface area (TPSA) is 0 Å². The van der Waals surface area contributed by atoms with Crippen LogP contribution in [0.3, 0.4) is 0 Å². The fourth-order valence-corrected chi connectivity index (χ4v) is 8.99. The van der Waals surface area contributed by atoms with E-state index in [0.29, 0.717) is 0 Å². The lowest BCUT2D eigenvalue weighted by Crippen LogP contribution is -1.94. The molecule has 11 aromatic rings. The van der Waals surface area contributed by atoms with E-state index in [9.17, 15) is 0 Å². The summed E-state index contributed by atoms with van der Waals surface area (Å²) in [5.41, 5.74) is 9.93. The lowest BCUT2D eigenvalue weighted by molar-refractivity contribution is 1.57. The van der Waals surface area contributed by atoms with Gasteiger partial charge in [-0.15, -0.1) is 0 Å². The van der Waals surface area contributed by atoms with E-state index in [2.05, 4.69) is 194 Å². The van der Waals surface area contributed by atoms with Crippen molar-refractivity contribution in [3.8, 4) is 44.5 Å². The van der Waals surface area contributed by atoms with Crippen LogP contribution in [0.5, 0.6) is 0 Å². The van der Waals surface area contributed by atoms with Crippen LogP contribution >= 0.6 is 0 Å². The number of fused-ring (bicyclic) bond motifs is 5. The Kier molecular flexibility index (Phi) is 6.35. The minimum Gasteiger partial charge on any atom is -0.0622 e. The monoisotopic (exact) mass is 656 g/mol. The molecule has 11 rings (SSSR count). The van der Waals surface area contributed by atoms with Gasteiger partial charge in [-0.25, -0.2) is 0 Å². The van der Waals surface area contributed by atoms with Gasteiger partial charge in [-0.2, -0.15) is 0 Å². The maximum Gasteiger partial charge on any atom is -0.00137 e. The molecule has 11 aromatic carbocycles. The van der Waals surface area contributed by atoms with Crippen molar-refractivity contribution in [2.75, 3.05) is 0 Å². The molecule has 240 valence electrons. The van der Waals surface area contributed by atoms with Gasteiger partial charge >= 0.3 is 0 Å². The zero-order valence-corrected chi connectivity index (χ0v) is 28.5. The van der Waals surface area contributed by atoms with Gasteiger partial charge in [-0.3, -0.25) is 0 Å². The number of hydrogen-bond acceptors (Lipinski definition) is 0. The Labute approximate surface area is 302 Å². The van der Waals surface area contributed by atoms with Crippen LogP contribution in [0.15, 0.2) is 194 Å². The van der Waals surface area contributed by atoms with Crippen molar-refractivity contribution in [2.24, 2.45) is 0 Å². The summed E-state index contributed by atoms with van der Waals surface area (Å²) >= 11 is 0. The Morgan fingerprint density at radius 1 is 0.212 bits per heavy atom. The normalized spacial score (nSPS) is 11.8. The molecular weight excluding hydrogens is 625 g/mol. The van der Waals surface area contributed by atoms with Crippen LogP contribution < -0.4 is 0 Å². The molecule has 0 unspecified atom stereocenters. The summed E-state index contributed by atoms with van der Waals surface area (Å²) in [5, 5.41) is 15.7. The third kappa shape index (κ3) is 4.22. The van der Waals surface area contributed by atoms with Crippen molar-refractivity contribution >= 4 is 64.6 Å². The highest BCUT2D eigenvalue weighted by Crippen LogP contribution is 2.50. The van der Waals surface area contributed by atoms with E-state index in [1.165, 1.54) is 109 Å². The molecule has 0 aromatic heterocycles. The summed E-state index contributed by atoms with van der Waals surface area (Å²) in [7, 11) is 0. The van der Waals surface area contributed by atoms with Gasteiger partial charge in [0.1, 0.15) is 0 Å². The van der Waals surface area contributed by atoms with Crippen molar-refractivity contribution in [1.82, 2.24) is 0 Å². The molecule has 0 aliphatic carbocycles. The van der Waals surface area contributed by atoms with E-state index < -0.39 is 0 Å². The molecule has 0 saturated heterocycles. The standard InChI is InChI=1S/C52H32/c1-3-14-33(15-4-1)36-28-29-40(48(32-36)34-16-5-2-6-17-34)39-30-31-45(38-21-8-7-20-37(38)39)50-42-22-9-10-23-43(42)51-46-26-12-19-35-18-11-24-41(49(35)46)44-25-13-27-47(50)52(44)51/h1-32H. The first-order valence-electron chi connectivity index (χ1n) is 18.1. The molecule has 0 N–H and O–H groups in total. The molecular formula is C52H32. The number of benzene rings is 11. The lowest BCUT2D eigenvalue weighted by atomic mass is 9.81. The van der Waals surface area contributed by atoms with Gasteiger partial charge in [0.05, 0.1) is 0 Å². The Morgan fingerprint density at radius 3 is 1.44 bits per heavy atom. The predicted octanol–water partition coefficient (Wildman–Crippen LogP) is 14.7. The first-order chi connectivity index (χ1) is 25.8. The first-order valence-corrected chi connectivity index (χ1v) is 18.1. The van der Waals surface area contributed by atoms with Gasteiger partial charge in [-0.1, -0.05) is 188 Å². The van der Waals surface area contributed by atoms with Crippen LogP contribution in [-0.2, 0) is 0 Å². The van der Waals surface area contributed by atoms with E-state index in [-0.39, 0.29) is 0 Å². The second-order valence-electron chi connectivity index (χ2n) is 13.9. The van der Waals surface area contributed by atoms with Crippen LogP contribution in [-0.4, -0.2) is 0 Å². The molecule has 0 saturated carbocycles. The Morgan fingerprint density at radius 2 is 0.692 bits per heavy atom. The van der Waals surface area contributed by atoms with Crippen LogP contribution in [0, 0.1) is 0 Å². The van der Waals surface area contributed by atoms with E-state index in [0.717, 1.165) is 0 Å². The second kappa shape index (κ2) is 11.4. The van der Waals surface area contributed by atoms with Crippen molar-refractivity contribution < 1.29 is 0 Å². The predicted molar refractivity (Wildman–Crippen MR) is 224 cm³/mol. The molecule has 0 nitrogen and oxygen atoms in total. The molecule has 0 aliphatic rings. The molecule has 52 heavy (non-hydrogen) atoms. The maximum atomic E-state index is 2.38. The SMILES string of the molecule is c1ccc(-c2ccc(-c3ccc(-c4c5ccccc5c5c6cccc7cccc(c8cccc4c85)c76)c4ccccc34)c(-c3ccccc3)c2)cc1. The number of rotatable bonds is 4. The average molecular weight is 657 g/mol. The molecule has 0 spiro atoms. The summed E-state index contributed by atoms with van der Waals surface area (Å²) in [6.07, 6.45) is 0. The Bertz CT molecular complexity index is 3150. The molecule has 0 amide bonds. The van der Waals surface area contributed by atoms with Crippen molar-refractivity contribution in [3.05, 3.63) is 194 Å².